The minimum Gasteiger partial charge on any atom is -0.506 e. The molecule has 1 aliphatic rings. The summed E-state index contributed by atoms with van der Waals surface area (Å²) in [5.74, 6) is 1.48. The van der Waals surface area contributed by atoms with Gasteiger partial charge < -0.3 is 25.6 Å². The van der Waals surface area contributed by atoms with Crippen LogP contribution < -0.4 is 15.5 Å². The molecule has 11 heteroatoms. The Hall–Kier alpha value is -1.98. The van der Waals surface area contributed by atoms with Gasteiger partial charge in [0.1, 0.15) is 5.75 Å². The van der Waals surface area contributed by atoms with Crippen LogP contribution in [0.5, 0.6) is 5.75 Å². The molecule has 1 aromatic heterocycles. The second-order valence-corrected chi connectivity index (χ2v) is 13.3. The van der Waals surface area contributed by atoms with Gasteiger partial charge in [0.05, 0.1) is 41.8 Å². The van der Waals surface area contributed by atoms with Gasteiger partial charge in [-0.3, -0.25) is 9.59 Å². The van der Waals surface area contributed by atoms with E-state index in [1.165, 1.54) is 11.3 Å². The zero-order chi connectivity index (χ0) is 32.3. The minimum atomic E-state index is -0.165. The highest BCUT2D eigenvalue weighted by atomic mass is 79.9. The number of H-pyrrole nitrogens is 1. The smallest absolute Gasteiger partial charge is 0.256 e. The van der Waals surface area contributed by atoms with Crippen molar-refractivity contribution >= 4 is 73.1 Å². The summed E-state index contributed by atoms with van der Waals surface area (Å²) < 4.78 is 1.54. The van der Waals surface area contributed by atoms with Gasteiger partial charge in [-0.25, -0.2) is 0 Å². The van der Waals surface area contributed by atoms with E-state index in [-0.39, 0.29) is 23.5 Å². The van der Waals surface area contributed by atoms with Crippen molar-refractivity contribution in [1.29, 1.82) is 0 Å². The number of quaternary nitrogens is 1. The number of rotatable bonds is 12. The Morgan fingerprint density at radius 2 is 1.84 bits per heavy atom. The number of aromatic amines is 1. The van der Waals surface area contributed by atoms with Crippen LogP contribution in [-0.2, 0) is 10.5 Å². The van der Waals surface area contributed by atoms with Gasteiger partial charge in [-0.1, -0.05) is 41.9 Å². The van der Waals surface area contributed by atoms with Crippen LogP contribution in [0.15, 0.2) is 50.1 Å². The largest absolute Gasteiger partial charge is 0.506 e. The third-order valence-corrected chi connectivity index (χ3v) is 9.08. The Morgan fingerprint density at radius 3 is 2.47 bits per heavy atom. The van der Waals surface area contributed by atoms with Crippen molar-refractivity contribution in [2.45, 2.75) is 47.3 Å². The maximum Gasteiger partial charge on any atom is 0.256 e. The summed E-state index contributed by atoms with van der Waals surface area (Å²) in [4.78, 5) is 31.0. The average molecular weight is 760 g/mol. The first kappa shape index (κ1) is 37.2. The normalized spacial score (nSPS) is 15.9. The number of hydrogen-bond donors (Lipinski definition) is 5. The molecule has 1 saturated heterocycles. The fraction of sp³-hybridized carbons (Fsp3) is 0.438. The van der Waals surface area contributed by atoms with Gasteiger partial charge >= 0.3 is 0 Å². The number of alkyl halides is 1. The van der Waals surface area contributed by atoms with Crippen molar-refractivity contribution in [2.75, 3.05) is 38.3 Å². The molecule has 1 aliphatic heterocycles. The van der Waals surface area contributed by atoms with E-state index in [0.717, 1.165) is 57.9 Å². The second-order valence-electron chi connectivity index (χ2n) is 10.5. The molecule has 2 heterocycles. The number of phenols is 1. The molecular formula is C32H44Br2ClN4O3S+. The molecule has 43 heavy (non-hydrogen) atoms. The van der Waals surface area contributed by atoms with Crippen molar-refractivity contribution < 1.29 is 19.6 Å². The molecule has 5 N–H and O–H groups in total. The SMILES string of the molecule is CC[NH+](CC)CCNC(=O)c1c(C)[nH]c(\C=C2/C(=O)NC(=C/C(C)C)/C2=C\CSCc2cc(Br)cc(Br)c2O)c1C.CCl. The molecule has 1 aromatic carbocycles. The summed E-state index contributed by atoms with van der Waals surface area (Å²) in [5.41, 5.74) is 6.00. The highest BCUT2D eigenvalue weighted by Crippen LogP contribution is 2.35. The van der Waals surface area contributed by atoms with Gasteiger partial charge in [0.15, 0.2) is 0 Å². The number of amides is 2. The number of halogens is 3. The van der Waals surface area contributed by atoms with Crippen LogP contribution in [0.1, 0.15) is 60.6 Å². The van der Waals surface area contributed by atoms with Crippen molar-refractivity contribution in [3.63, 3.8) is 0 Å². The molecular weight excluding hydrogens is 716 g/mol. The van der Waals surface area contributed by atoms with Crippen LogP contribution in [0.4, 0.5) is 0 Å². The van der Waals surface area contributed by atoms with E-state index in [0.29, 0.717) is 33.7 Å². The molecule has 0 aliphatic carbocycles. The van der Waals surface area contributed by atoms with Gasteiger partial charge in [-0.05, 0) is 73.3 Å². The highest BCUT2D eigenvalue weighted by molar-refractivity contribution is 9.11. The van der Waals surface area contributed by atoms with Crippen molar-refractivity contribution in [2.24, 2.45) is 5.92 Å². The zero-order valence-electron chi connectivity index (χ0n) is 26.0. The van der Waals surface area contributed by atoms with Gasteiger partial charge in [-0.15, -0.1) is 11.6 Å². The third kappa shape index (κ3) is 10.3. The Kier molecular flexibility index (Phi) is 15.7. The number of aromatic nitrogens is 1. The van der Waals surface area contributed by atoms with Crippen LogP contribution in [0.25, 0.3) is 6.08 Å². The average Bonchev–Trinajstić information content (AvgIpc) is 3.40. The molecule has 0 atom stereocenters. The Labute approximate surface area is 282 Å². The Balaban J connectivity index is 0.00000316. The summed E-state index contributed by atoms with van der Waals surface area (Å²) in [7, 11) is 0. The summed E-state index contributed by atoms with van der Waals surface area (Å²) in [5, 5.41) is 16.5. The number of thioether (sulfide) groups is 1. The first-order chi connectivity index (χ1) is 20.5. The van der Waals surface area contributed by atoms with Crippen molar-refractivity contribution in [3.05, 3.63) is 78.2 Å². The quantitative estimate of drug-likeness (QED) is 0.100. The lowest BCUT2D eigenvalue weighted by molar-refractivity contribution is -0.895. The van der Waals surface area contributed by atoms with Gasteiger partial charge in [0.2, 0.25) is 0 Å². The highest BCUT2D eigenvalue weighted by Gasteiger charge is 2.28. The number of aryl methyl sites for hydroxylation is 1. The summed E-state index contributed by atoms with van der Waals surface area (Å²) >= 11 is 13.2. The fourth-order valence-corrected chi connectivity index (χ4v) is 7.00. The van der Waals surface area contributed by atoms with E-state index in [4.69, 9.17) is 0 Å². The molecule has 236 valence electrons. The van der Waals surface area contributed by atoms with E-state index in [2.05, 4.69) is 98.9 Å². The molecule has 2 aromatic rings. The topological polar surface area (TPSA) is 98.7 Å². The number of phenolic OH excluding ortho intramolecular Hbond substituents is 1. The number of carbonyl (C=O) groups is 2. The molecule has 0 unspecified atom stereocenters. The van der Waals surface area contributed by atoms with Gasteiger partial charge in [-0.2, -0.15) is 11.8 Å². The number of allylic oxidation sites excluding steroid dienone is 2. The van der Waals surface area contributed by atoms with Crippen LogP contribution in [0, 0.1) is 19.8 Å². The molecule has 0 bridgehead atoms. The first-order valence-electron chi connectivity index (χ1n) is 14.4. The standard InChI is InChI=1S/C31H40Br2N4O3S.CH3Cl/c1-7-37(8-2)11-10-34-31(40)28-19(5)26(35-20(28)6)16-24-23(27(13-18(3)4)36-30(24)39)9-12-41-17-21-14-22(32)15-25(33)29(21)38;1-2/h9,13-16,18,35,38H,7-8,10-12,17H2,1-6H3,(H,34,40)(H,36,39);1H3/p+1/b23-9-,24-16-,27-13+;. The lowest BCUT2D eigenvalue weighted by Gasteiger charge is -2.15. The van der Waals surface area contributed by atoms with Crippen LogP contribution in [0.2, 0.25) is 0 Å². The number of nitrogens with one attached hydrogen (secondary N) is 4. The van der Waals surface area contributed by atoms with E-state index in [9.17, 15) is 14.7 Å². The monoisotopic (exact) mass is 757 g/mol. The molecule has 1 fully saturated rings. The van der Waals surface area contributed by atoms with E-state index >= 15 is 0 Å². The molecule has 2 amide bonds. The van der Waals surface area contributed by atoms with Crippen LogP contribution in [0.3, 0.4) is 0 Å². The van der Waals surface area contributed by atoms with Crippen molar-refractivity contribution in [1.82, 2.24) is 15.6 Å². The zero-order valence-corrected chi connectivity index (χ0v) is 30.8. The van der Waals surface area contributed by atoms with E-state index in [1.54, 1.807) is 11.8 Å². The summed E-state index contributed by atoms with van der Waals surface area (Å²) in [6.07, 6.45) is 7.43. The molecule has 7 nitrogen and oxygen atoms in total. The number of benzene rings is 1. The van der Waals surface area contributed by atoms with Gasteiger partial charge in [0.25, 0.3) is 11.8 Å². The van der Waals surface area contributed by atoms with Gasteiger partial charge in [0, 0.05) is 50.6 Å². The van der Waals surface area contributed by atoms with E-state index in [1.807, 2.05) is 32.1 Å². The number of likely N-dealkylation sites (N-methyl/N-ethyl adjacent to an activating group) is 1. The van der Waals surface area contributed by atoms with Crippen LogP contribution in [-0.4, -0.2) is 60.2 Å². The molecule has 0 spiro atoms. The van der Waals surface area contributed by atoms with E-state index < -0.39 is 0 Å². The minimum absolute atomic E-state index is 0.0988. The molecule has 0 radical (unpaired) electrons. The van der Waals surface area contributed by atoms with Crippen molar-refractivity contribution in [3.8, 4) is 5.75 Å². The second kappa shape index (κ2) is 18.1. The van der Waals surface area contributed by atoms with Crippen LogP contribution >= 0.6 is 55.2 Å². The fourth-order valence-electron chi connectivity index (χ4n) is 4.84. The number of carbonyl (C=O) groups excluding carboxylic acids is 2. The number of hydrogen-bond acceptors (Lipinski definition) is 4. The predicted molar refractivity (Wildman–Crippen MR) is 188 cm³/mol. The lowest BCUT2D eigenvalue weighted by Crippen LogP contribution is -3.12. The maximum atomic E-state index is 13.1. The Morgan fingerprint density at radius 1 is 1.16 bits per heavy atom. The lowest BCUT2D eigenvalue weighted by atomic mass is 10.0. The summed E-state index contributed by atoms with van der Waals surface area (Å²) in [6.45, 7) is 15.8. The first-order valence-corrected chi connectivity index (χ1v) is 17.8. The summed E-state index contributed by atoms with van der Waals surface area (Å²) in [6, 6.07) is 3.72. The maximum absolute atomic E-state index is 13.1. The Bertz CT molecular complexity index is 1380. The molecule has 0 saturated carbocycles. The molecule has 3 rings (SSSR count). The predicted octanol–water partition coefficient (Wildman–Crippen LogP) is 6.28. The third-order valence-electron chi connectivity index (χ3n) is 7.10. The number of aromatic hydroxyl groups is 1.